The first-order valence-electron chi connectivity index (χ1n) is 6.12. The summed E-state index contributed by atoms with van der Waals surface area (Å²) in [5.74, 6) is -1.88. The number of aliphatic carboxylic acids is 1. The number of rotatable bonds is 4. The van der Waals surface area contributed by atoms with Gasteiger partial charge in [0.25, 0.3) is 5.91 Å². The summed E-state index contributed by atoms with van der Waals surface area (Å²) in [6.07, 6.45) is 3.03. The summed E-state index contributed by atoms with van der Waals surface area (Å²) in [4.78, 5) is 23.3. The molecule has 0 aliphatic heterocycles. The van der Waals surface area contributed by atoms with Gasteiger partial charge in [-0.3, -0.25) is 9.59 Å². The van der Waals surface area contributed by atoms with Crippen LogP contribution in [0.1, 0.15) is 28.9 Å². The van der Waals surface area contributed by atoms with E-state index in [0.717, 1.165) is 24.0 Å². The Morgan fingerprint density at radius 3 is 2.60 bits per heavy atom. The molecule has 20 heavy (non-hydrogen) atoms. The molecule has 0 saturated heterocycles. The van der Waals surface area contributed by atoms with Gasteiger partial charge in [0.1, 0.15) is 4.21 Å². The predicted octanol–water partition coefficient (Wildman–Crippen LogP) is 1.13. The van der Waals surface area contributed by atoms with Crippen LogP contribution in [0, 0.1) is 5.92 Å². The van der Waals surface area contributed by atoms with E-state index in [1.165, 1.54) is 12.1 Å². The van der Waals surface area contributed by atoms with E-state index in [1.54, 1.807) is 0 Å². The van der Waals surface area contributed by atoms with Crippen LogP contribution < -0.4 is 5.32 Å². The number of hydrogen-bond donors (Lipinski definition) is 2. The lowest BCUT2D eigenvalue weighted by Gasteiger charge is -2.16. The molecule has 8 heteroatoms. The molecule has 110 valence electrons. The molecular weight excluding hydrogens is 302 g/mol. The second kappa shape index (κ2) is 5.53. The van der Waals surface area contributed by atoms with Crippen LogP contribution in [0.25, 0.3) is 0 Å². The minimum atomic E-state index is -3.32. The average Bonchev–Trinajstić information content (AvgIpc) is 2.95. The van der Waals surface area contributed by atoms with Crippen molar-refractivity contribution in [3.05, 3.63) is 17.0 Å². The number of carbonyl (C=O) groups is 2. The Balaban J connectivity index is 2.09. The van der Waals surface area contributed by atoms with Gasteiger partial charge in [-0.05, 0) is 25.0 Å². The van der Waals surface area contributed by atoms with Gasteiger partial charge in [0.05, 0.1) is 10.8 Å². The first-order chi connectivity index (χ1) is 9.29. The molecule has 0 aromatic carbocycles. The summed E-state index contributed by atoms with van der Waals surface area (Å²) in [6, 6.07) is 2.45. The summed E-state index contributed by atoms with van der Waals surface area (Å²) in [5, 5.41) is 11.7. The fourth-order valence-corrected chi connectivity index (χ4v) is 4.14. The molecule has 1 aliphatic rings. The van der Waals surface area contributed by atoms with E-state index in [0.29, 0.717) is 12.8 Å². The van der Waals surface area contributed by atoms with Crippen molar-refractivity contribution in [2.24, 2.45) is 5.92 Å². The van der Waals surface area contributed by atoms with Crippen LogP contribution >= 0.6 is 11.3 Å². The van der Waals surface area contributed by atoms with Gasteiger partial charge in [0.2, 0.25) is 0 Å². The van der Waals surface area contributed by atoms with E-state index >= 15 is 0 Å². The van der Waals surface area contributed by atoms with Gasteiger partial charge in [-0.25, -0.2) is 8.42 Å². The molecule has 1 fully saturated rings. The maximum absolute atomic E-state index is 12.0. The van der Waals surface area contributed by atoms with Crippen LogP contribution in [0.3, 0.4) is 0 Å². The SMILES string of the molecule is CS(=O)(=O)c1ccc(C(=O)N[C@@H]2CCC[C@@H]2C(=O)O)s1. The van der Waals surface area contributed by atoms with E-state index < -0.39 is 27.6 Å². The van der Waals surface area contributed by atoms with Gasteiger partial charge in [-0.1, -0.05) is 6.42 Å². The first-order valence-corrected chi connectivity index (χ1v) is 8.83. The standard InChI is InChI=1S/C12H15NO5S2/c1-20(17,18)10-6-5-9(19-10)11(14)13-8-4-2-3-7(8)12(15)16/h5-8H,2-4H2,1H3,(H,13,14)(H,15,16)/t7-,8+/m0/s1. The second-order valence-corrected chi connectivity index (χ2v) is 8.17. The molecule has 2 N–H and O–H groups in total. The molecular formula is C12H15NO5S2. The third kappa shape index (κ3) is 3.18. The molecule has 1 heterocycles. The number of amides is 1. The lowest BCUT2D eigenvalue weighted by molar-refractivity contribution is -0.142. The van der Waals surface area contributed by atoms with Crippen molar-refractivity contribution >= 4 is 33.1 Å². The average molecular weight is 317 g/mol. The van der Waals surface area contributed by atoms with Crippen LogP contribution in [-0.2, 0) is 14.6 Å². The van der Waals surface area contributed by atoms with Gasteiger partial charge in [0, 0.05) is 12.3 Å². The van der Waals surface area contributed by atoms with E-state index in [-0.39, 0.29) is 15.1 Å². The molecule has 1 saturated carbocycles. The summed E-state index contributed by atoms with van der Waals surface area (Å²) in [6.45, 7) is 0. The maximum atomic E-state index is 12.0. The minimum Gasteiger partial charge on any atom is -0.481 e. The number of hydrogen-bond acceptors (Lipinski definition) is 5. The number of carboxylic acid groups (broad SMARTS) is 1. The molecule has 2 atom stereocenters. The van der Waals surface area contributed by atoms with E-state index in [2.05, 4.69) is 5.32 Å². The van der Waals surface area contributed by atoms with Gasteiger partial charge in [-0.15, -0.1) is 11.3 Å². The van der Waals surface area contributed by atoms with Gasteiger partial charge in [0.15, 0.2) is 9.84 Å². The quantitative estimate of drug-likeness (QED) is 0.867. The van der Waals surface area contributed by atoms with Crippen molar-refractivity contribution in [3.8, 4) is 0 Å². The Bertz CT molecular complexity index is 634. The van der Waals surface area contributed by atoms with Crippen LogP contribution in [0.4, 0.5) is 0 Å². The zero-order valence-electron chi connectivity index (χ0n) is 10.8. The first kappa shape index (κ1) is 15.0. The molecule has 0 spiro atoms. The fraction of sp³-hybridized carbons (Fsp3) is 0.500. The van der Waals surface area contributed by atoms with Gasteiger partial charge in [-0.2, -0.15) is 0 Å². The number of nitrogens with one attached hydrogen (secondary N) is 1. The van der Waals surface area contributed by atoms with Crippen LogP contribution in [0.5, 0.6) is 0 Å². The monoisotopic (exact) mass is 317 g/mol. The highest BCUT2D eigenvalue weighted by molar-refractivity contribution is 7.92. The van der Waals surface area contributed by atoms with Gasteiger partial charge < -0.3 is 10.4 Å². The molecule has 1 aromatic heterocycles. The van der Waals surface area contributed by atoms with E-state index in [9.17, 15) is 18.0 Å². The Morgan fingerprint density at radius 1 is 1.35 bits per heavy atom. The van der Waals surface area contributed by atoms with E-state index in [1.807, 2.05) is 0 Å². The second-order valence-electron chi connectivity index (χ2n) is 4.85. The number of sulfone groups is 1. The Labute approximate surface area is 120 Å². The lowest BCUT2D eigenvalue weighted by Crippen LogP contribution is -2.39. The molecule has 0 radical (unpaired) electrons. The summed E-state index contributed by atoms with van der Waals surface area (Å²) >= 11 is 0.893. The Hall–Kier alpha value is -1.41. The highest BCUT2D eigenvalue weighted by atomic mass is 32.2. The zero-order valence-corrected chi connectivity index (χ0v) is 12.5. The molecule has 2 rings (SSSR count). The zero-order chi connectivity index (χ0) is 14.9. The van der Waals surface area contributed by atoms with Crippen molar-refractivity contribution in [2.75, 3.05) is 6.26 Å². The molecule has 6 nitrogen and oxygen atoms in total. The highest BCUT2D eigenvalue weighted by Crippen LogP contribution is 2.27. The third-order valence-electron chi connectivity index (χ3n) is 3.32. The van der Waals surface area contributed by atoms with Crippen LogP contribution in [-0.4, -0.2) is 37.7 Å². The smallest absolute Gasteiger partial charge is 0.308 e. The van der Waals surface area contributed by atoms with E-state index in [4.69, 9.17) is 5.11 Å². The predicted molar refractivity (Wildman–Crippen MR) is 73.7 cm³/mol. The number of carboxylic acids is 1. The third-order valence-corrected chi connectivity index (χ3v) is 6.22. The van der Waals surface area contributed by atoms with Crippen LogP contribution in [0.15, 0.2) is 16.3 Å². The topological polar surface area (TPSA) is 101 Å². The van der Waals surface area contributed by atoms with Crippen molar-refractivity contribution in [3.63, 3.8) is 0 Å². The summed E-state index contributed by atoms with van der Waals surface area (Å²) in [7, 11) is -3.32. The number of carbonyl (C=O) groups excluding carboxylic acids is 1. The largest absolute Gasteiger partial charge is 0.481 e. The Kier molecular flexibility index (Phi) is 4.14. The van der Waals surface area contributed by atoms with Crippen LogP contribution in [0.2, 0.25) is 0 Å². The molecule has 0 bridgehead atoms. The minimum absolute atomic E-state index is 0.129. The normalized spacial score (nSPS) is 22.6. The van der Waals surface area contributed by atoms with Crippen molar-refractivity contribution in [1.82, 2.24) is 5.32 Å². The molecule has 1 aromatic rings. The summed E-state index contributed by atoms with van der Waals surface area (Å²) < 4.78 is 22.8. The van der Waals surface area contributed by atoms with Crippen molar-refractivity contribution in [1.29, 1.82) is 0 Å². The summed E-state index contributed by atoms with van der Waals surface area (Å²) in [5.41, 5.74) is 0. The van der Waals surface area contributed by atoms with Crippen molar-refractivity contribution in [2.45, 2.75) is 29.5 Å². The number of thiophene rings is 1. The lowest BCUT2D eigenvalue weighted by atomic mass is 10.0. The Morgan fingerprint density at radius 2 is 2.05 bits per heavy atom. The van der Waals surface area contributed by atoms with Gasteiger partial charge >= 0.3 is 5.97 Å². The molecule has 0 unspecified atom stereocenters. The molecule has 1 amide bonds. The van der Waals surface area contributed by atoms with Crippen molar-refractivity contribution < 1.29 is 23.1 Å². The fourth-order valence-electron chi connectivity index (χ4n) is 2.31. The molecule has 1 aliphatic carbocycles. The highest BCUT2D eigenvalue weighted by Gasteiger charge is 2.34. The maximum Gasteiger partial charge on any atom is 0.308 e.